The van der Waals surface area contributed by atoms with Gasteiger partial charge in [0.25, 0.3) is 11.8 Å². The molecule has 0 bridgehead atoms. The van der Waals surface area contributed by atoms with Crippen molar-refractivity contribution in [2.24, 2.45) is 0 Å². The zero-order valence-corrected chi connectivity index (χ0v) is 10.3. The lowest BCUT2D eigenvalue weighted by Crippen LogP contribution is -2.55. The number of carbonyl (C=O) groups is 4. The van der Waals surface area contributed by atoms with Gasteiger partial charge in [0.05, 0.1) is 5.57 Å². The molecule has 4 amide bonds. The molecular formula is C13H10N2O5. The summed E-state index contributed by atoms with van der Waals surface area (Å²) in [6, 6.07) is -0.932. The average molecular weight is 274 g/mol. The van der Waals surface area contributed by atoms with Crippen molar-refractivity contribution in [2.45, 2.75) is 30.6 Å². The van der Waals surface area contributed by atoms with E-state index in [1.807, 2.05) is 0 Å². The summed E-state index contributed by atoms with van der Waals surface area (Å²) in [4.78, 5) is 48.8. The van der Waals surface area contributed by atoms with Crippen LogP contribution in [0.2, 0.25) is 0 Å². The summed E-state index contributed by atoms with van der Waals surface area (Å²) in [5.74, 6) is -2.00. The van der Waals surface area contributed by atoms with Gasteiger partial charge in [-0.25, -0.2) is 0 Å². The number of allylic oxidation sites excluding steroid dienone is 2. The van der Waals surface area contributed by atoms with Crippen LogP contribution < -0.4 is 5.32 Å². The summed E-state index contributed by atoms with van der Waals surface area (Å²) in [6.07, 6.45) is 4.78. The molecule has 1 N–H and O–H groups in total. The van der Waals surface area contributed by atoms with Crippen molar-refractivity contribution in [3.8, 4) is 0 Å². The minimum absolute atomic E-state index is 0.113. The van der Waals surface area contributed by atoms with Crippen LogP contribution in [0.5, 0.6) is 0 Å². The quantitative estimate of drug-likeness (QED) is 0.478. The van der Waals surface area contributed by atoms with Crippen LogP contribution in [0.3, 0.4) is 0 Å². The number of hydrogen-bond acceptors (Lipinski definition) is 5. The fourth-order valence-electron chi connectivity index (χ4n) is 3.06. The Morgan fingerprint density at radius 1 is 1.30 bits per heavy atom. The second-order valence-corrected chi connectivity index (χ2v) is 5.19. The summed E-state index contributed by atoms with van der Waals surface area (Å²) >= 11 is 0. The Kier molecular flexibility index (Phi) is 1.98. The van der Waals surface area contributed by atoms with Crippen molar-refractivity contribution in [3.05, 3.63) is 23.8 Å². The highest BCUT2D eigenvalue weighted by Crippen LogP contribution is 2.52. The molecule has 7 nitrogen and oxygen atoms in total. The van der Waals surface area contributed by atoms with E-state index in [2.05, 4.69) is 5.32 Å². The summed E-state index contributed by atoms with van der Waals surface area (Å²) in [5, 5.41) is 2.15. The Morgan fingerprint density at radius 3 is 2.80 bits per heavy atom. The minimum atomic E-state index is -1.21. The number of likely N-dealkylation sites (tertiary alicyclic amines) is 1. The maximum Gasteiger partial charge on any atom is 0.270 e. The number of nitrogens with zero attached hydrogens (tertiary/aromatic N) is 1. The number of amides is 4. The van der Waals surface area contributed by atoms with E-state index in [0.29, 0.717) is 0 Å². The molecule has 3 fully saturated rings. The molecule has 1 aliphatic carbocycles. The topological polar surface area (TPSA) is 96.1 Å². The zero-order valence-electron chi connectivity index (χ0n) is 10.3. The van der Waals surface area contributed by atoms with Gasteiger partial charge in [0, 0.05) is 6.42 Å². The molecule has 0 aromatic rings. The smallest absolute Gasteiger partial charge is 0.270 e. The second-order valence-electron chi connectivity index (χ2n) is 5.19. The standard InChI is InChI=1S/C13H10N2O5/c16-9-5-4-7(10(17)14-9)15-11(18)6-2-1-3-8-13(6,20-8)12(15)19/h1-3,7-8H,4-5H2,(H,14,16,17)/t7?,8?,13-/m1/s1. The van der Waals surface area contributed by atoms with E-state index in [0.717, 1.165) is 4.90 Å². The first kappa shape index (κ1) is 11.5. The lowest BCUT2D eigenvalue weighted by atomic mass is 9.93. The Balaban J connectivity index is 1.71. The molecule has 3 atom stereocenters. The van der Waals surface area contributed by atoms with Crippen molar-refractivity contribution in [1.82, 2.24) is 10.2 Å². The van der Waals surface area contributed by atoms with Gasteiger partial charge in [-0.1, -0.05) is 18.2 Å². The molecule has 3 heterocycles. The van der Waals surface area contributed by atoms with Crippen LogP contribution in [-0.2, 0) is 23.9 Å². The predicted octanol–water partition coefficient (Wildman–Crippen LogP) is -1.21. The number of piperidine rings is 1. The highest BCUT2D eigenvalue weighted by atomic mass is 16.6. The fourth-order valence-corrected chi connectivity index (χ4v) is 3.06. The largest absolute Gasteiger partial charge is 0.346 e. The van der Waals surface area contributed by atoms with Crippen molar-refractivity contribution in [3.63, 3.8) is 0 Å². The van der Waals surface area contributed by atoms with Gasteiger partial charge in [-0.3, -0.25) is 29.4 Å². The van der Waals surface area contributed by atoms with E-state index < -0.39 is 35.5 Å². The molecule has 102 valence electrons. The SMILES string of the molecule is O=C1CCC(N2C(=O)C3=CC=CC4O[C@]34C2=O)C(=O)N1. The summed E-state index contributed by atoms with van der Waals surface area (Å²) in [7, 11) is 0. The van der Waals surface area contributed by atoms with Crippen LogP contribution in [0.25, 0.3) is 0 Å². The van der Waals surface area contributed by atoms with Crippen molar-refractivity contribution < 1.29 is 23.9 Å². The van der Waals surface area contributed by atoms with Crippen LogP contribution in [0, 0.1) is 0 Å². The Hall–Kier alpha value is -2.28. The molecule has 20 heavy (non-hydrogen) atoms. The summed E-state index contributed by atoms with van der Waals surface area (Å²) in [5.41, 5.74) is -0.937. The van der Waals surface area contributed by atoms with Gasteiger partial charge in [-0.05, 0) is 6.42 Å². The van der Waals surface area contributed by atoms with Crippen LogP contribution in [0.15, 0.2) is 23.8 Å². The molecule has 4 aliphatic rings. The molecule has 0 saturated carbocycles. The first-order valence-corrected chi connectivity index (χ1v) is 6.34. The maximum atomic E-state index is 12.5. The molecule has 0 radical (unpaired) electrons. The number of imide groups is 2. The first-order chi connectivity index (χ1) is 9.55. The monoisotopic (exact) mass is 274 g/mol. The molecule has 1 spiro atoms. The molecular weight excluding hydrogens is 264 g/mol. The van der Waals surface area contributed by atoms with E-state index in [4.69, 9.17) is 4.74 Å². The van der Waals surface area contributed by atoms with Crippen LogP contribution >= 0.6 is 0 Å². The van der Waals surface area contributed by atoms with E-state index >= 15 is 0 Å². The number of hydrogen-bond donors (Lipinski definition) is 1. The van der Waals surface area contributed by atoms with Crippen molar-refractivity contribution >= 4 is 23.6 Å². The second kappa shape index (κ2) is 3.43. The van der Waals surface area contributed by atoms with Gasteiger partial charge in [-0.15, -0.1) is 0 Å². The van der Waals surface area contributed by atoms with E-state index in [9.17, 15) is 19.2 Å². The lowest BCUT2D eigenvalue weighted by Gasteiger charge is -2.27. The van der Waals surface area contributed by atoms with Gasteiger partial charge in [0.15, 0.2) is 0 Å². The van der Waals surface area contributed by atoms with Gasteiger partial charge in [0.1, 0.15) is 12.1 Å². The van der Waals surface area contributed by atoms with Crippen molar-refractivity contribution in [1.29, 1.82) is 0 Å². The van der Waals surface area contributed by atoms with Crippen molar-refractivity contribution in [2.75, 3.05) is 0 Å². The Labute approximate surface area is 113 Å². The van der Waals surface area contributed by atoms with Gasteiger partial charge < -0.3 is 4.74 Å². The molecule has 0 aromatic heterocycles. The Bertz CT molecular complexity index is 649. The number of carbonyl (C=O) groups excluding carboxylic acids is 4. The molecule has 2 unspecified atom stereocenters. The number of nitrogens with one attached hydrogen (secondary N) is 1. The highest BCUT2D eigenvalue weighted by Gasteiger charge is 2.73. The third-order valence-corrected chi connectivity index (χ3v) is 4.11. The molecule has 0 aromatic carbocycles. The number of ether oxygens (including phenoxy) is 1. The highest BCUT2D eigenvalue weighted by molar-refractivity contribution is 6.23. The predicted molar refractivity (Wildman–Crippen MR) is 62.9 cm³/mol. The third-order valence-electron chi connectivity index (χ3n) is 4.11. The third kappa shape index (κ3) is 1.18. The molecule has 3 aliphatic heterocycles. The van der Waals surface area contributed by atoms with Crippen LogP contribution in [-0.4, -0.2) is 46.3 Å². The first-order valence-electron chi connectivity index (χ1n) is 6.34. The van der Waals surface area contributed by atoms with Gasteiger partial charge in [-0.2, -0.15) is 0 Å². The van der Waals surface area contributed by atoms with E-state index in [1.54, 1.807) is 18.2 Å². The summed E-state index contributed by atoms with van der Waals surface area (Å²) in [6.45, 7) is 0. The van der Waals surface area contributed by atoms with Gasteiger partial charge >= 0.3 is 0 Å². The molecule has 3 saturated heterocycles. The average Bonchev–Trinajstić information content (AvgIpc) is 3.12. The normalized spacial score (nSPS) is 38.4. The minimum Gasteiger partial charge on any atom is -0.346 e. The molecule has 7 heteroatoms. The lowest BCUT2D eigenvalue weighted by molar-refractivity contribution is -0.151. The zero-order chi connectivity index (χ0) is 14.1. The summed E-state index contributed by atoms with van der Waals surface area (Å²) < 4.78 is 5.38. The van der Waals surface area contributed by atoms with Crippen LogP contribution in [0.4, 0.5) is 0 Å². The van der Waals surface area contributed by atoms with Gasteiger partial charge in [0.2, 0.25) is 17.4 Å². The number of rotatable bonds is 1. The Morgan fingerprint density at radius 2 is 2.10 bits per heavy atom. The van der Waals surface area contributed by atoms with E-state index in [-0.39, 0.29) is 24.3 Å². The van der Waals surface area contributed by atoms with Crippen LogP contribution in [0.1, 0.15) is 12.8 Å². The fraction of sp³-hybridized carbons (Fsp3) is 0.385. The van der Waals surface area contributed by atoms with E-state index in [1.165, 1.54) is 0 Å². The number of epoxide rings is 1. The molecule has 4 rings (SSSR count). The maximum absolute atomic E-state index is 12.5.